The minimum Gasteiger partial charge on any atom is -0.383 e. The van der Waals surface area contributed by atoms with E-state index in [1.807, 2.05) is 6.07 Å². The summed E-state index contributed by atoms with van der Waals surface area (Å²) in [6.07, 6.45) is 2.51. The molecule has 1 aromatic rings. The second-order valence-electron chi connectivity index (χ2n) is 7.03. The molecule has 146 valence electrons. The molecule has 0 saturated carbocycles. The number of nitrogens with zero attached hydrogens (tertiary/aromatic N) is 3. The number of methoxy groups -OCH3 is 1. The fraction of sp³-hybridized carbons (Fsp3) is 0.667. The van der Waals surface area contributed by atoms with Crippen LogP contribution in [0.5, 0.6) is 0 Å². The summed E-state index contributed by atoms with van der Waals surface area (Å²) in [7, 11) is -1.85. The van der Waals surface area contributed by atoms with Crippen LogP contribution in [0.15, 0.2) is 24.3 Å². The largest absolute Gasteiger partial charge is 0.383 e. The lowest BCUT2D eigenvalue weighted by Gasteiger charge is -2.30. The summed E-state index contributed by atoms with van der Waals surface area (Å²) < 4.78 is 47.9. The normalized spacial score (nSPS) is 24.0. The SMILES string of the molecule is COCC1CCCN1S(=O)(=O)N1CCCN(Cc2cccc(F)c2)CC1. The van der Waals surface area contributed by atoms with E-state index >= 15 is 0 Å². The maximum Gasteiger partial charge on any atom is 0.282 e. The van der Waals surface area contributed by atoms with Gasteiger partial charge in [0, 0.05) is 45.9 Å². The third-order valence-corrected chi connectivity index (χ3v) is 7.24. The van der Waals surface area contributed by atoms with Crippen LogP contribution in [0.2, 0.25) is 0 Å². The van der Waals surface area contributed by atoms with Crippen molar-refractivity contribution in [3.05, 3.63) is 35.6 Å². The van der Waals surface area contributed by atoms with E-state index < -0.39 is 10.2 Å². The van der Waals surface area contributed by atoms with Crippen LogP contribution in [0.4, 0.5) is 4.39 Å². The molecule has 0 spiro atoms. The zero-order chi connectivity index (χ0) is 18.6. The van der Waals surface area contributed by atoms with Gasteiger partial charge >= 0.3 is 0 Å². The first-order valence-corrected chi connectivity index (χ1v) is 10.6. The van der Waals surface area contributed by atoms with Crippen molar-refractivity contribution in [2.45, 2.75) is 31.8 Å². The zero-order valence-electron chi connectivity index (χ0n) is 15.3. The Morgan fingerprint density at radius 3 is 2.77 bits per heavy atom. The topological polar surface area (TPSA) is 53.1 Å². The molecule has 0 bridgehead atoms. The third kappa shape index (κ3) is 4.61. The predicted molar refractivity (Wildman–Crippen MR) is 98.4 cm³/mol. The van der Waals surface area contributed by atoms with Crippen molar-refractivity contribution in [1.29, 1.82) is 0 Å². The van der Waals surface area contributed by atoms with Gasteiger partial charge in [-0.05, 0) is 43.5 Å². The zero-order valence-corrected chi connectivity index (χ0v) is 16.1. The van der Waals surface area contributed by atoms with Crippen molar-refractivity contribution in [3.63, 3.8) is 0 Å². The molecule has 1 atom stereocenters. The van der Waals surface area contributed by atoms with Crippen LogP contribution in [-0.2, 0) is 21.5 Å². The van der Waals surface area contributed by atoms with Crippen LogP contribution >= 0.6 is 0 Å². The Kier molecular flexibility index (Phi) is 6.63. The molecule has 2 fully saturated rings. The number of benzene rings is 1. The minimum atomic E-state index is -3.46. The quantitative estimate of drug-likeness (QED) is 0.748. The molecule has 6 nitrogen and oxygen atoms in total. The highest BCUT2D eigenvalue weighted by molar-refractivity contribution is 7.86. The van der Waals surface area contributed by atoms with Gasteiger partial charge in [0.1, 0.15) is 5.82 Å². The third-order valence-electron chi connectivity index (χ3n) is 5.15. The molecule has 1 unspecified atom stereocenters. The highest BCUT2D eigenvalue weighted by Crippen LogP contribution is 2.24. The molecule has 26 heavy (non-hydrogen) atoms. The average molecular weight is 386 g/mol. The summed E-state index contributed by atoms with van der Waals surface area (Å²) in [5, 5.41) is 0. The van der Waals surface area contributed by atoms with Gasteiger partial charge in [-0.3, -0.25) is 4.90 Å². The van der Waals surface area contributed by atoms with E-state index in [0.29, 0.717) is 39.3 Å². The van der Waals surface area contributed by atoms with Crippen molar-refractivity contribution >= 4 is 10.2 Å². The Hall–Kier alpha value is -1.06. The van der Waals surface area contributed by atoms with Crippen LogP contribution in [0.1, 0.15) is 24.8 Å². The maximum atomic E-state index is 13.4. The van der Waals surface area contributed by atoms with Gasteiger partial charge in [-0.2, -0.15) is 17.0 Å². The summed E-state index contributed by atoms with van der Waals surface area (Å²) in [6.45, 7) is 4.11. The molecule has 2 heterocycles. The van der Waals surface area contributed by atoms with Crippen molar-refractivity contribution < 1.29 is 17.5 Å². The van der Waals surface area contributed by atoms with E-state index in [1.54, 1.807) is 27.9 Å². The number of rotatable bonds is 6. The number of hydrogen-bond acceptors (Lipinski definition) is 4. The number of halogens is 1. The Labute approximate surface area is 155 Å². The molecule has 2 saturated heterocycles. The van der Waals surface area contributed by atoms with Gasteiger partial charge in [0.05, 0.1) is 6.61 Å². The van der Waals surface area contributed by atoms with Crippen molar-refractivity contribution in [2.75, 3.05) is 46.4 Å². The van der Waals surface area contributed by atoms with E-state index in [4.69, 9.17) is 4.74 Å². The van der Waals surface area contributed by atoms with E-state index in [-0.39, 0.29) is 11.9 Å². The number of hydrogen-bond donors (Lipinski definition) is 0. The molecular weight excluding hydrogens is 357 g/mol. The van der Waals surface area contributed by atoms with E-state index in [2.05, 4.69) is 4.90 Å². The molecule has 0 radical (unpaired) electrons. The van der Waals surface area contributed by atoms with Crippen LogP contribution in [-0.4, -0.2) is 74.4 Å². The van der Waals surface area contributed by atoms with Gasteiger partial charge in [-0.25, -0.2) is 4.39 Å². The lowest BCUT2D eigenvalue weighted by molar-refractivity contribution is 0.145. The lowest BCUT2D eigenvalue weighted by Crippen LogP contribution is -2.48. The Morgan fingerprint density at radius 2 is 2.00 bits per heavy atom. The highest BCUT2D eigenvalue weighted by atomic mass is 32.2. The van der Waals surface area contributed by atoms with E-state index in [9.17, 15) is 12.8 Å². The maximum absolute atomic E-state index is 13.4. The van der Waals surface area contributed by atoms with Crippen molar-refractivity contribution in [2.24, 2.45) is 0 Å². The Bertz CT molecular complexity index is 701. The first kappa shape index (κ1) is 19.7. The molecule has 8 heteroatoms. The fourth-order valence-corrected chi connectivity index (χ4v) is 5.72. The minimum absolute atomic E-state index is 0.0587. The van der Waals surface area contributed by atoms with Gasteiger partial charge in [0.2, 0.25) is 0 Å². The molecular formula is C18H28FN3O3S. The van der Waals surface area contributed by atoms with Gasteiger partial charge in [0.15, 0.2) is 0 Å². The van der Waals surface area contributed by atoms with Crippen molar-refractivity contribution in [3.8, 4) is 0 Å². The van der Waals surface area contributed by atoms with E-state index in [1.165, 1.54) is 6.07 Å². The van der Waals surface area contributed by atoms with Gasteiger partial charge in [-0.15, -0.1) is 0 Å². The Balaban J connectivity index is 1.62. The summed E-state index contributed by atoms with van der Waals surface area (Å²) in [5.74, 6) is -0.236. The van der Waals surface area contributed by atoms with Gasteiger partial charge < -0.3 is 4.74 Å². The van der Waals surface area contributed by atoms with Crippen LogP contribution in [0.25, 0.3) is 0 Å². The summed E-state index contributed by atoms with van der Waals surface area (Å²) in [6, 6.07) is 6.53. The monoisotopic (exact) mass is 385 g/mol. The van der Waals surface area contributed by atoms with Crippen molar-refractivity contribution in [1.82, 2.24) is 13.5 Å². The highest BCUT2D eigenvalue weighted by Gasteiger charge is 2.38. The first-order chi connectivity index (χ1) is 12.5. The van der Waals surface area contributed by atoms with Crippen LogP contribution in [0, 0.1) is 5.82 Å². The molecule has 2 aliphatic rings. The molecule has 2 aliphatic heterocycles. The number of ether oxygens (including phenoxy) is 1. The van der Waals surface area contributed by atoms with Crippen LogP contribution in [0.3, 0.4) is 0 Å². The second kappa shape index (κ2) is 8.75. The van der Waals surface area contributed by atoms with E-state index in [0.717, 1.165) is 31.4 Å². The molecule has 0 aromatic heterocycles. The summed E-state index contributed by atoms with van der Waals surface area (Å²) in [4.78, 5) is 2.20. The predicted octanol–water partition coefficient (Wildman–Crippen LogP) is 1.69. The fourth-order valence-electron chi connectivity index (χ4n) is 3.85. The lowest BCUT2D eigenvalue weighted by atomic mass is 10.2. The molecule has 0 N–H and O–H groups in total. The Morgan fingerprint density at radius 1 is 1.15 bits per heavy atom. The van der Waals surface area contributed by atoms with Gasteiger partial charge in [0.25, 0.3) is 10.2 Å². The first-order valence-electron chi connectivity index (χ1n) is 9.23. The molecule has 3 rings (SSSR count). The standard InChI is InChI=1S/C18H28FN3O3S/c1-25-15-18-7-3-10-22(18)26(23,24)21-9-4-8-20(11-12-21)14-16-5-2-6-17(19)13-16/h2,5-6,13,18H,3-4,7-12,14-15H2,1H3. The second-order valence-corrected chi connectivity index (χ2v) is 8.91. The van der Waals surface area contributed by atoms with Crippen LogP contribution < -0.4 is 0 Å². The molecule has 1 aromatic carbocycles. The molecule has 0 amide bonds. The molecule has 0 aliphatic carbocycles. The average Bonchev–Trinajstić information content (AvgIpc) is 2.94. The summed E-state index contributed by atoms with van der Waals surface area (Å²) in [5.41, 5.74) is 0.918. The van der Waals surface area contributed by atoms with Gasteiger partial charge in [-0.1, -0.05) is 12.1 Å². The summed E-state index contributed by atoms with van der Waals surface area (Å²) >= 11 is 0. The smallest absolute Gasteiger partial charge is 0.282 e.